The van der Waals surface area contributed by atoms with E-state index in [0.717, 1.165) is 41.8 Å². The molecule has 0 saturated heterocycles. The van der Waals surface area contributed by atoms with E-state index < -0.39 is 0 Å². The predicted octanol–water partition coefficient (Wildman–Crippen LogP) is 7.10. The number of nitrogens with zero attached hydrogens (tertiary/aromatic N) is 3. The number of amides is 1. The number of carbonyl (C=O) groups excluding carboxylic acids is 1. The van der Waals surface area contributed by atoms with Gasteiger partial charge < -0.3 is 14.4 Å². The van der Waals surface area contributed by atoms with Crippen LogP contribution in [-0.4, -0.2) is 27.7 Å². The van der Waals surface area contributed by atoms with Crippen LogP contribution in [0.25, 0.3) is 5.69 Å². The molecule has 0 spiro atoms. The second kappa shape index (κ2) is 11.3. The van der Waals surface area contributed by atoms with Crippen molar-refractivity contribution in [3.05, 3.63) is 100 Å². The lowest BCUT2D eigenvalue weighted by molar-refractivity contribution is -0.139. The Hall–Kier alpha value is -3.84. The van der Waals surface area contributed by atoms with Gasteiger partial charge >= 0.3 is 0 Å². The topological polar surface area (TPSA) is 56.6 Å². The van der Waals surface area contributed by atoms with Gasteiger partial charge in [0.25, 0.3) is 0 Å². The minimum Gasteiger partial charge on any atom is -0.497 e. The molecule has 1 aliphatic carbocycles. The van der Waals surface area contributed by atoms with Crippen LogP contribution >= 0.6 is 11.6 Å². The summed E-state index contributed by atoms with van der Waals surface area (Å²) in [5, 5.41) is 5.36. The Morgan fingerprint density at radius 2 is 1.76 bits per heavy atom. The summed E-state index contributed by atoms with van der Waals surface area (Å²) in [7, 11) is 1.61. The zero-order valence-corrected chi connectivity index (χ0v) is 22.1. The van der Waals surface area contributed by atoms with E-state index in [-0.39, 0.29) is 17.6 Å². The fraction of sp³-hybridized carbons (Fsp3) is 0.267. The van der Waals surface area contributed by atoms with Gasteiger partial charge in [-0.05, 0) is 79.9 Å². The second-order valence-electron chi connectivity index (χ2n) is 9.49. The number of halogens is 2. The smallest absolute Gasteiger partial charge is 0.227 e. The lowest BCUT2D eigenvalue weighted by atomic mass is 9.84. The van der Waals surface area contributed by atoms with Crippen molar-refractivity contribution < 1.29 is 18.7 Å². The van der Waals surface area contributed by atoms with Gasteiger partial charge in [-0.15, -0.1) is 0 Å². The minimum atomic E-state index is -0.306. The Bertz CT molecular complexity index is 1420. The van der Waals surface area contributed by atoms with Crippen LogP contribution in [0.4, 0.5) is 4.39 Å². The molecule has 1 aromatic heterocycles. The maximum absolute atomic E-state index is 13.5. The molecule has 0 aliphatic heterocycles. The zero-order chi connectivity index (χ0) is 26.6. The highest BCUT2D eigenvalue weighted by atomic mass is 35.5. The molecule has 196 valence electrons. The third-order valence-electron chi connectivity index (χ3n) is 6.87. The summed E-state index contributed by atoms with van der Waals surface area (Å²) in [6, 6.07) is 20.9. The Labute approximate surface area is 226 Å². The maximum atomic E-state index is 13.5. The molecule has 0 unspecified atom stereocenters. The van der Waals surface area contributed by atoms with E-state index in [9.17, 15) is 9.18 Å². The van der Waals surface area contributed by atoms with Gasteiger partial charge in [-0.25, -0.2) is 9.07 Å². The highest BCUT2D eigenvalue weighted by molar-refractivity contribution is 6.30. The van der Waals surface area contributed by atoms with Gasteiger partial charge in [0.15, 0.2) is 0 Å². The van der Waals surface area contributed by atoms with Crippen LogP contribution in [0.3, 0.4) is 0 Å². The van der Waals surface area contributed by atoms with Crippen LogP contribution in [0.5, 0.6) is 17.4 Å². The molecule has 0 radical (unpaired) electrons. The van der Waals surface area contributed by atoms with E-state index in [1.165, 1.54) is 12.1 Å². The summed E-state index contributed by atoms with van der Waals surface area (Å²) in [6.45, 7) is 2.56. The first-order chi connectivity index (χ1) is 18.4. The quantitative estimate of drug-likeness (QED) is 0.230. The van der Waals surface area contributed by atoms with E-state index in [2.05, 4.69) is 0 Å². The number of rotatable bonds is 9. The van der Waals surface area contributed by atoms with Crippen LogP contribution in [0.2, 0.25) is 5.02 Å². The molecule has 1 fully saturated rings. The van der Waals surface area contributed by atoms with Crippen molar-refractivity contribution in [2.45, 2.75) is 39.3 Å². The third kappa shape index (κ3) is 5.68. The monoisotopic (exact) mass is 533 g/mol. The van der Waals surface area contributed by atoms with Gasteiger partial charge in [-0.2, -0.15) is 5.10 Å². The largest absolute Gasteiger partial charge is 0.497 e. The van der Waals surface area contributed by atoms with Crippen LogP contribution in [-0.2, 0) is 17.9 Å². The zero-order valence-electron chi connectivity index (χ0n) is 21.4. The van der Waals surface area contributed by atoms with Crippen LogP contribution in [0.1, 0.15) is 36.1 Å². The van der Waals surface area contributed by atoms with Crippen molar-refractivity contribution in [2.24, 2.45) is 5.92 Å². The molecule has 38 heavy (non-hydrogen) atoms. The van der Waals surface area contributed by atoms with Crippen molar-refractivity contribution in [1.82, 2.24) is 14.7 Å². The molecular formula is C30H29ClFN3O3. The summed E-state index contributed by atoms with van der Waals surface area (Å²) in [4.78, 5) is 15.4. The molecule has 0 N–H and O–H groups in total. The highest BCUT2D eigenvalue weighted by Crippen LogP contribution is 2.35. The average Bonchev–Trinajstić information content (AvgIpc) is 3.19. The number of carbonyl (C=O) groups is 1. The van der Waals surface area contributed by atoms with Crippen LogP contribution in [0, 0.1) is 18.7 Å². The Balaban J connectivity index is 1.54. The molecule has 1 amide bonds. The van der Waals surface area contributed by atoms with E-state index in [0.29, 0.717) is 35.5 Å². The van der Waals surface area contributed by atoms with Gasteiger partial charge in [0.05, 0.1) is 30.6 Å². The molecule has 3 aromatic carbocycles. The highest BCUT2D eigenvalue weighted by Gasteiger charge is 2.31. The number of hydrogen-bond donors (Lipinski definition) is 0. The van der Waals surface area contributed by atoms with E-state index in [1.807, 2.05) is 54.3 Å². The molecule has 8 heteroatoms. The Morgan fingerprint density at radius 3 is 2.39 bits per heavy atom. The maximum Gasteiger partial charge on any atom is 0.227 e. The first-order valence-electron chi connectivity index (χ1n) is 12.6. The van der Waals surface area contributed by atoms with Crippen LogP contribution < -0.4 is 9.47 Å². The number of methoxy groups -OCH3 is 1. The van der Waals surface area contributed by atoms with Crippen molar-refractivity contribution >= 4 is 17.5 Å². The van der Waals surface area contributed by atoms with Gasteiger partial charge in [0.1, 0.15) is 17.3 Å². The SMILES string of the molecule is COc1ccc(Oc2c(CN(Cc3ccc(F)cc3)C(=O)C3CCC3)c(C)nn2-c2cccc(Cl)c2)cc1. The van der Waals surface area contributed by atoms with Crippen molar-refractivity contribution in [3.8, 4) is 23.1 Å². The molecule has 1 saturated carbocycles. The third-order valence-corrected chi connectivity index (χ3v) is 7.10. The summed E-state index contributed by atoms with van der Waals surface area (Å²) in [5.41, 5.74) is 3.12. The molecule has 0 bridgehead atoms. The number of aromatic nitrogens is 2. The number of hydrogen-bond acceptors (Lipinski definition) is 4. The fourth-order valence-electron chi connectivity index (χ4n) is 4.49. The van der Waals surface area contributed by atoms with Crippen molar-refractivity contribution in [2.75, 3.05) is 7.11 Å². The van der Waals surface area contributed by atoms with Gasteiger partial charge in [0.2, 0.25) is 11.8 Å². The molecule has 5 rings (SSSR count). The predicted molar refractivity (Wildman–Crippen MR) is 144 cm³/mol. The van der Waals surface area contributed by atoms with Crippen molar-refractivity contribution in [1.29, 1.82) is 0 Å². The summed E-state index contributed by atoms with van der Waals surface area (Å²) < 4.78 is 27.0. The van der Waals surface area contributed by atoms with Crippen LogP contribution in [0.15, 0.2) is 72.8 Å². The lowest BCUT2D eigenvalue weighted by Gasteiger charge is -2.32. The fourth-order valence-corrected chi connectivity index (χ4v) is 4.67. The lowest BCUT2D eigenvalue weighted by Crippen LogP contribution is -2.38. The van der Waals surface area contributed by atoms with Gasteiger partial charge in [-0.3, -0.25) is 4.79 Å². The Morgan fingerprint density at radius 1 is 1.05 bits per heavy atom. The minimum absolute atomic E-state index is 0.00434. The van der Waals surface area contributed by atoms with Gasteiger partial charge in [0, 0.05) is 17.5 Å². The average molecular weight is 534 g/mol. The first-order valence-corrected chi connectivity index (χ1v) is 13.0. The summed E-state index contributed by atoms with van der Waals surface area (Å²) in [6.07, 6.45) is 2.82. The molecule has 0 atom stereocenters. The molecule has 1 heterocycles. The molecule has 6 nitrogen and oxygen atoms in total. The van der Waals surface area contributed by atoms with E-state index in [1.54, 1.807) is 30.0 Å². The second-order valence-corrected chi connectivity index (χ2v) is 9.92. The molecule has 1 aliphatic rings. The number of aryl methyl sites for hydroxylation is 1. The van der Waals surface area contributed by atoms with E-state index in [4.69, 9.17) is 26.2 Å². The number of benzene rings is 3. The normalized spacial score (nSPS) is 13.2. The van der Waals surface area contributed by atoms with Gasteiger partial charge in [-0.1, -0.05) is 36.2 Å². The first kappa shape index (κ1) is 25.8. The number of ether oxygens (including phenoxy) is 2. The molecular weight excluding hydrogens is 505 g/mol. The van der Waals surface area contributed by atoms with E-state index >= 15 is 0 Å². The standard InChI is InChI=1S/C30H29ClFN3O3/c1-20-28(19-34(29(36)22-5-3-6-22)18-21-9-11-24(32)12-10-21)30(38-27-15-13-26(37-2)14-16-27)35(33-20)25-8-4-7-23(31)17-25/h4,7-17,22H,3,5-6,18-19H2,1-2H3. The summed E-state index contributed by atoms with van der Waals surface area (Å²) in [5.74, 6) is 1.61. The Kier molecular flexibility index (Phi) is 7.65. The summed E-state index contributed by atoms with van der Waals surface area (Å²) >= 11 is 6.30. The molecule has 4 aromatic rings. The van der Waals surface area contributed by atoms with Crippen molar-refractivity contribution in [3.63, 3.8) is 0 Å².